The van der Waals surface area contributed by atoms with Gasteiger partial charge in [0.2, 0.25) is 0 Å². The zero-order chi connectivity index (χ0) is 12.1. The molecule has 0 amide bonds. The topological polar surface area (TPSA) is 0 Å². The Morgan fingerprint density at radius 2 is 0.812 bits per heavy atom. The van der Waals surface area contributed by atoms with E-state index in [2.05, 4.69) is 41.5 Å². The van der Waals surface area contributed by atoms with E-state index in [1.165, 1.54) is 25.7 Å². The minimum atomic E-state index is 0.543. The van der Waals surface area contributed by atoms with Crippen LogP contribution < -0.4 is 0 Å². The number of hydrogen-bond donors (Lipinski definition) is 0. The summed E-state index contributed by atoms with van der Waals surface area (Å²) in [6.45, 7) is 14.6. The van der Waals surface area contributed by atoms with Gasteiger partial charge in [-0.2, -0.15) is 0 Å². The minimum absolute atomic E-state index is 0.543. The van der Waals surface area contributed by atoms with Gasteiger partial charge in [0.25, 0.3) is 0 Å². The largest absolute Gasteiger partial charge is 0.0599 e. The van der Waals surface area contributed by atoms with Crippen molar-refractivity contribution in [2.75, 3.05) is 0 Å². The van der Waals surface area contributed by atoms with Gasteiger partial charge >= 0.3 is 0 Å². The maximum absolute atomic E-state index is 2.43. The van der Waals surface area contributed by atoms with Crippen LogP contribution in [0.3, 0.4) is 0 Å². The van der Waals surface area contributed by atoms with Crippen molar-refractivity contribution in [2.45, 2.75) is 67.2 Å². The molecule has 2 aliphatic rings. The molecule has 2 fully saturated rings. The second-order valence-electron chi connectivity index (χ2n) is 8.59. The van der Waals surface area contributed by atoms with Crippen LogP contribution in [0.15, 0.2) is 0 Å². The van der Waals surface area contributed by atoms with Crippen LogP contribution in [0.2, 0.25) is 0 Å². The zero-order valence-electron chi connectivity index (χ0n) is 12.1. The Bertz CT molecular complexity index is 210. The third-order valence-electron chi connectivity index (χ3n) is 5.47. The summed E-state index contributed by atoms with van der Waals surface area (Å²) >= 11 is 0. The molecule has 2 rings (SSSR count). The van der Waals surface area contributed by atoms with Gasteiger partial charge in [-0.05, 0) is 60.2 Å². The molecule has 0 aromatic rings. The normalized spacial score (nSPS) is 40.1. The molecule has 0 saturated heterocycles. The SMILES string of the molecule is CC(C)(C)C1CC2CC(C(C)(C)C)CC2C1. The van der Waals surface area contributed by atoms with E-state index in [4.69, 9.17) is 0 Å². The summed E-state index contributed by atoms with van der Waals surface area (Å²) in [5.74, 6) is 4.11. The lowest BCUT2D eigenvalue weighted by atomic mass is 9.75. The van der Waals surface area contributed by atoms with Crippen LogP contribution in [0.1, 0.15) is 67.2 Å². The fraction of sp³-hybridized carbons (Fsp3) is 1.00. The van der Waals surface area contributed by atoms with Gasteiger partial charge in [-0.1, -0.05) is 41.5 Å². The van der Waals surface area contributed by atoms with Gasteiger partial charge in [0.05, 0.1) is 0 Å². The third-order valence-corrected chi connectivity index (χ3v) is 5.47. The van der Waals surface area contributed by atoms with Gasteiger partial charge in [0, 0.05) is 0 Å². The Labute approximate surface area is 102 Å². The molecule has 0 unspecified atom stereocenters. The molecule has 0 heteroatoms. The van der Waals surface area contributed by atoms with Gasteiger partial charge in [-0.15, -0.1) is 0 Å². The quantitative estimate of drug-likeness (QED) is 0.533. The summed E-state index contributed by atoms with van der Waals surface area (Å²) < 4.78 is 0. The number of fused-ring (bicyclic) bond motifs is 1. The first-order valence-corrected chi connectivity index (χ1v) is 7.18. The van der Waals surface area contributed by atoms with E-state index in [9.17, 15) is 0 Å². The lowest BCUT2D eigenvalue weighted by molar-refractivity contribution is 0.193. The van der Waals surface area contributed by atoms with Crippen molar-refractivity contribution >= 4 is 0 Å². The van der Waals surface area contributed by atoms with Crippen LogP contribution in [0.5, 0.6) is 0 Å². The molecule has 0 heterocycles. The molecule has 0 aromatic carbocycles. The summed E-state index contributed by atoms with van der Waals surface area (Å²) in [6, 6.07) is 0. The van der Waals surface area contributed by atoms with Gasteiger partial charge < -0.3 is 0 Å². The molecule has 0 aromatic heterocycles. The Morgan fingerprint density at radius 3 is 1.00 bits per heavy atom. The van der Waals surface area contributed by atoms with Crippen molar-refractivity contribution < 1.29 is 0 Å². The van der Waals surface area contributed by atoms with Gasteiger partial charge in [-0.3, -0.25) is 0 Å². The molecule has 2 saturated carbocycles. The highest BCUT2D eigenvalue weighted by molar-refractivity contribution is 4.97. The number of rotatable bonds is 0. The molecule has 0 spiro atoms. The van der Waals surface area contributed by atoms with Crippen LogP contribution in [0, 0.1) is 34.5 Å². The van der Waals surface area contributed by atoms with E-state index in [0.29, 0.717) is 10.8 Å². The molecule has 0 radical (unpaired) electrons. The Hall–Kier alpha value is 0. The average Bonchev–Trinajstić information content (AvgIpc) is 2.53. The predicted octanol–water partition coefficient (Wildman–Crippen LogP) is 5.13. The van der Waals surface area contributed by atoms with Crippen molar-refractivity contribution in [2.24, 2.45) is 34.5 Å². The van der Waals surface area contributed by atoms with E-state index in [1.54, 1.807) is 0 Å². The highest BCUT2D eigenvalue weighted by atomic mass is 14.5. The monoisotopic (exact) mass is 222 g/mol. The van der Waals surface area contributed by atoms with Crippen LogP contribution in [0.25, 0.3) is 0 Å². The summed E-state index contributed by atoms with van der Waals surface area (Å²) in [5, 5.41) is 0. The molecule has 0 bridgehead atoms. The summed E-state index contributed by atoms with van der Waals surface area (Å²) in [4.78, 5) is 0. The summed E-state index contributed by atoms with van der Waals surface area (Å²) in [7, 11) is 0. The predicted molar refractivity (Wildman–Crippen MR) is 71.3 cm³/mol. The van der Waals surface area contributed by atoms with Crippen LogP contribution in [-0.2, 0) is 0 Å². The van der Waals surface area contributed by atoms with Gasteiger partial charge in [0.15, 0.2) is 0 Å². The fourth-order valence-corrected chi connectivity index (χ4v) is 4.03. The van der Waals surface area contributed by atoms with Crippen LogP contribution in [-0.4, -0.2) is 0 Å². The van der Waals surface area contributed by atoms with E-state index in [-0.39, 0.29) is 0 Å². The molecular weight excluding hydrogens is 192 g/mol. The molecule has 94 valence electrons. The van der Waals surface area contributed by atoms with Crippen LogP contribution in [0.4, 0.5) is 0 Å². The first-order chi connectivity index (χ1) is 7.18. The van der Waals surface area contributed by atoms with Crippen molar-refractivity contribution in [3.05, 3.63) is 0 Å². The van der Waals surface area contributed by atoms with Crippen molar-refractivity contribution in [1.82, 2.24) is 0 Å². The van der Waals surface area contributed by atoms with E-state index in [1.807, 2.05) is 0 Å². The lowest BCUT2D eigenvalue weighted by Crippen LogP contribution is -2.21. The third kappa shape index (κ3) is 2.31. The van der Waals surface area contributed by atoms with E-state index in [0.717, 1.165) is 23.7 Å². The second kappa shape index (κ2) is 3.75. The van der Waals surface area contributed by atoms with Crippen molar-refractivity contribution in [1.29, 1.82) is 0 Å². The smallest absolute Gasteiger partial charge is 0.0354 e. The summed E-state index contributed by atoms with van der Waals surface area (Å²) in [5.41, 5.74) is 1.09. The van der Waals surface area contributed by atoms with Crippen molar-refractivity contribution in [3.63, 3.8) is 0 Å². The number of hydrogen-bond acceptors (Lipinski definition) is 0. The summed E-state index contributed by atoms with van der Waals surface area (Å²) in [6.07, 6.45) is 6.06. The molecular formula is C16H30. The fourth-order valence-electron chi connectivity index (χ4n) is 4.03. The molecule has 2 aliphatic carbocycles. The van der Waals surface area contributed by atoms with Crippen molar-refractivity contribution in [3.8, 4) is 0 Å². The van der Waals surface area contributed by atoms with Crippen LogP contribution >= 0.6 is 0 Å². The Morgan fingerprint density at radius 1 is 0.562 bits per heavy atom. The Balaban J connectivity index is 1.96. The standard InChI is InChI=1S/C16H30/c1-15(2,3)13-7-11-9-14(16(4,5)6)10-12(11)8-13/h11-14H,7-10H2,1-6H3. The second-order valence-corrected chi connectivity index (χ2v) is 8.59. The first-order valence-electron chi connectivity index (χ1n) is 7.18. The lowest BCUT2D eigenvalue weighted by Gasteiger charge is -2.31. The molecule has 0 aliphatic heterocycles. The maximum atomic E-state index is 2.43. The molecule has 0 nitrogen and oxygen atoms in total. The zero-order valence-corrected chi connectivity index (χ0v) is 12.1. The van der Waals surface area contributed by atoms with E-state index < -0.39 is 0 Å². The molecule has 0 N–H and O–H groups in total. The van der Waals surface area contributed by atoms with E-state index >= 15 is 0 Å². The minimum Gasteiger partial charge on any atom is -0.0599 e. The van der Waals surface area contributed by atoms with Gasteiger partial charge in [0.1, 0.15) is 0 Å². The average molecular weight is 222 g/mol. The highest BCUT2D eigenvalue weighted by Gasteiger charge is 2.46. The highest BCUT2D eigenvalue weighted by Crippen LogP contribution is 2.56. The first kappa shape index (κ1) is 12.5. The molecule has 16 heavy (non-hydrogen) atoms. The van der Waals surface area contributed by atoms with Gasteiger partial charge in [-0.25, -0.2) is 0 Å². The molecule has 0 atom stereocenters. The Kier molecular flexibility index (Phi) is 2.92. The maximum Gasteiger partial charge on any atom is -0.0354 e.